The van der Waals surface area contributed by atoms with Crippen LogP contribution in [0.5, 0.6) is 0 Å². The van der Waals surface area contributed by atoms with Crippen LogP contribution in [0.1, 0.15) is 32.1 Å². The Balaban J connectivity index is 1.52. The van der Waals surface area contributed by atoms with Crippen molar-refractivity contribution in [3.05, 3.63) is 23.9 Å². The number of allylic oxidation sites excluding steroid dienone is 1. The first-order chi connectivity index (χ1) is 10.4. The molecule has 0 radical (unpaired) electrons. The molecule has 114 valence electrons. The van der Waals surface area contributed by atoms with Gasteiger partial charge >= 0.3 is 0 Å². The summed E-state index contributed by atoms with van der Waals surface area (Å²) in [6.45, 7) is 4.28. The van der Waals surface area contributed by atoms with Gasteiger partial charge in [-0.3, -0.25) is 0 Å². The van der Waals surface area contributed by atoms with Gasteiger partial charge in [-0.05, 0) is 38.2 Å². The first kappa shape index (κ1) is 14.3. The monoisotopic (exact) mass is 288 g/mol. The van der Waals surface area contributed by atoms with Crippen LogP contribution in [-0.4, -0.2) is 42.8 Å². The van der Waals surface area contributed by atoms with E-state index in [0.29, 0.717) is 0 Å². The maximum absolute atomic E-state index is 5.38. The van der Waals surface area contributed by atoms with Gasteiger partial charge in [-0.1, -0.05) is 11.6 Å². The van der Waals surface area contributed by atoms with Crippen LogP contribution in [0.3, 0.4) is 0 Å². The lowest BCUT2D eigenvalue weighted by atomic mass is 9.97. The number of hydrogen-bond donors (Lipinski definition) is 1. The second kappa shape index (κ2) is 7.41. The van der Waals surface area contributed by atoms with Gasteiger partial charge in [0, 0.05) is 25.8 Å². The Morgan fingerprint density at radius 1 is 1.24 bits per heavy atom. The lowest BCUT2D eigenvalue weighted by molar-refractivity contribution is 0.122. The molecule has 21 heavy (non-hydrogen) atoms. The first-order valence-electron chi connectivity index (χ1n) is 7.99. The Kier molecular flexibility index (Phi) is 5.05. The van der Waals surface area contributed by atoms with E-state index in [0.717, 1.165) is 51.0 Å². The van der Waals surface area contributed by atoms with Crippen LogP contribution in [0, 0.1) is 0 Å². The predicted molar refractivity (Wildman–Crippen MR) is 84.7 cm³/mol. The Labute approximate surface area is 126 Å². The summed E-state index contributed by atoms with van der Waals surface area (Å²) in [5, 5.41) is 3.35. The van der Waals surface area contributed by atoms with Crippen LogP contribution in [-0.2, 0) is 4.74 Å². The lowest BCUT2D eigenvalue weighted by Crippen LogP contribution is -2.36. The van der Waals surface area contributed by atoms with Crippen molar-refractivity contribution in [2.24, 2.45) is 0 Å². The quantitative estimate of drug-likeness (QED) is 0.844. The molecule has 1 N–H and O–H groups in total. The van der Waals surface area contributed by atoms with Crippen LogP contribution in [0.25, 0.3) is 0 Å². The minimum Gasteiger partial charge on any atom is -0.378 e. The molecule has 0 unspecified atom stereocenters. The fraction of sp³-hybridized carbons (Fsp3) is 0.625. The van der Waals surface area contributed by atoms with Crippen molar-refractivity contribution in [1.29, 1.82) is 0 Å². The summed E-state index contributed by atoms with van der Waals surface area (Å²) in [5.41, 5.74) is 1.58. The summed E-state index contributed by atoms with van der Waals surface area (Å²) in [7, 11) is 0. The number of nitrogens with zero attached hydrogens (tertiary/aromatic N) is 3. The van der Waals surface area contributed by atoms with Gasteiger partial charge in [0.1, 0.15) is 5.82 Å². The highest BCUT2D eigenvalue weighted by Gasteiger charge is 2.13. The molecule has 5 heteroatoms. The summed E-state index contributed by atoms with van der Waals surface area (Å²) >= 11 is 0. The molecule has 1 saturated heterocycles. The van der Waals surface area contributed by atoms with Gasteiger partial charge in [0.2, 0.25) is 5.95 Å². The fourth-order valence-corrected chi connectivity index (χ4v) is 2.87. The van der Waals surface area contributed by atoms with E-state index in [1.165, 1.54) is 25.7 Å². The first-order valence-corrected chi connectivity index (χ1v) is 7.99. The van der Waals surface area contributed by atoms with E-state index < -0.39 is 0 Å². The minimum absolute atomic E-state index is 0.732. The van der Waals surface area contributed by atoms with E-state index in [4.69, 9.17) is 4.74 Å². The number of hydrogen-bond acceptors (Lipinski definition) is 5. The van der Waals surface area contributed by atoms with Crippen molar-refractivity contribution in [2.45, 2.75) is 32.1 Å². The topological polar surface area (TPSA) is 50.3 Å². The van der Waals surface area contributed by atoms with E-state index in [1.54, 1.807) is 5.57 Å². The average Bonchev–Trinajstić information content (AvgIpc) is 2.57. The van der Waals surface area contributed by atoms with Crippen molar-refractivity contribution in [3.8, 4) is 0 Å². The van der Waals surface area contributed by atoms with Gasteiger partial charge in [-0.2, -0.15) is 4.98 Å². The van der Waals surface area contributed by atoms with Crippen molar-refractivity contribution < 1.29 is 4.74 Å². The molecule has 1 aliphatic carbocycles. The molecule has 1 fully saturated rings. The van der Waals surface area contributed by atoms with E-state index in [2.05, 4.69) is 26.3 Å². The number of morpholine rings is 1. The van der Waals surface area contributed by atoms with Gasteiger partial charge in [-0.15, -0.1) is 0 Å². The second-order valence-corrected chi connectivity index (χ2v) is 5.62. The molecule has 0 aromatic carbocycles. The van der Waals surface area contributed by atoms with Gasteiger partial charge in [0.05, 0.1) is 13.2 Å². The molecule has 2 heterocycles. The average molecular weight is 288 g/mol. The maximum atomic E-state index is 5.38. The van der Waals surface area contributed by atoms with Crippen LogP contribution in [0.4, 0.5) is 11.8 Å². The summed E-state index contributed by atoms with van der Waals surface area (Å²) in [4.78, 5) is 11.2. The fourth-order valence-electron chi connectivity index (χ4n) is 2.87. The number of ether oxygens (including phenoxy) is 1. The molecular formula is C16H24N4O. The highest BCUT2D eigenvalue weighted by Crippen LogP contribution is 2.20. The number of aromatic nitrogens is 2. The van der Waals surface area contributed by atoms with Crippen molar-refractivity contribution >= 4 is 11.8 Å². The third-order valence-electron chi connectivity index (χ3n) is 4.09. The largest absolute Gasteiger partial charge is 0.378 e. The van der Waals surface area contributed by atoms with Gasteiger partial charge in [0.25, 0.3) is 0 Å². The molecule has 0 bridgehead atoms. The molecule has 5 nitrogen and oxygen atoms in total. The molecule has 0 amide bonds. The molecule has 0 saturated carbocycles. The van der Waals surface area contributed by atoms with Gasteiger partial charge in [-0.25, -0.2) is 4.98 Å². The Morgan fingerprint density at radius 2 is 2.14 bits per heavy atom. The van der Waals surface area contributed by atoms with Crippen LogP contribution < -0.4 is 10.2 Å². The standard InChI is InChI=1S/C16H24N4O/c1-2-4-14(5-3-1)6-8-17-16-18-9-7-15(19-16)20-10-12-21-13-11-20/h4,7,9H,1-3,5-6,8,10-13H2,(H,17,18,19). The maximum Gasteiger partial charge on any atom is 0.224 e. The highest BCUT2D eigenvalue weighted by atomic mass is 16.5. The number of rotatable bonds is 5. The van der Waals surface area contributed by atoms with Crippen molar-refractivity contribution in [3.63, 3.8) is 0 Å². The second-order valence-electron chi connectivity index (χ2n) is 5.62. The zero-order valence-corrected chi connectivity index (χ0v) is 12.6. The van der Waals surface area contributed by atoms with E-state index in [1.807, 2.05) is 12.3 Å². The summed E-state index contributed by atoms with van der Waals surface area (Å²) in [6.07, 6.45) is 10.5. The van der Waals surface area contributed by atoms with Crippen molar-refractivity contribution in [2.75, 3.05) is 43.1 Å². The molecule has 3 rings (SSSR count). The van der Waals surface area contributed by atoms with Crippen LogP contribution in [0.15, 0.2) is 23.9 Å². The van der Waals surface area contributed by atoms with E-state index in [9.17, 15) is 0 Å². The molecule has 1 aliphatic heterocycles. The Bertz CT molecular complexity index is 483. The number of nitrogens with one attached hydrogen (secondary N) is 1. The third-order valence-corrected chi connectivity index (χ3v) is 4.09. The molecule has 2 aliphatic rings. The molecule has 1 aromatic heterocycles. The smallest absolute Gasteiger partial charge is 0.224 e. The summed E-state index contributed by atoms with van der Waals surface area (Å²) in [6, 6.07) is 1.97. The van der Waals surface area contributed by atoms with Crippen molar-refractivity contribution in [1.82, 2.24) is 9.97 Å². The van der Waals surface area contributed by atoms with Gasteiger partial charge < -0.3 is 15.0 Å². The summed E-state index contributed by atoms with van der Waals surface area (Å²) in [5.74, 6) is 1.73. The SMILES string of the molecule is C1=C(CCNc2nccc(N3CCOCC3)n2)CCCC1. The molecular weight excluding hydrogens is 264 g/mol. The lowest BCUT2D eigenvalue weighted by Gasteiger charge is -2.27. The molecule has 0 atom stereocenters. The van der Waals surface area contributed by atoms with Crippen LogP contribution >= 0.6 is 0 Å². The highest BCUT2D eigenvalue weighted by molar-refractivity contribution is 5.42. The van der Waals surface area contributed by atoms with Crippen LogP contribution in [0.2, 0.25) is 0 Å². The summed E-state index contributed by atoms with van der Waals surface area (Å²) < 4.78 is 5.38. The number of anilines is 2. The molecule has 1 aromatic rings. The zero-order chi connectivity index (χ0) is 14.3. The Morgan fingerprint density at radius 3 is 2.95 bits per heavy atom. The predicted octanol–water partition coefficient (Wildman–Crippen LogP) is 2.62. The zero-order valence-electron chi connectivity index (χ0n) is 12.6. The Hall–Kier alpha value is -1.62. The van der Waals surface area contributed by atoms with E-state index >= 15 is 0 Å². The van der Waals surface area contributed by atoms with E-state index in [-0.39, 0.29) is 0 Å². The third kappa shape index (κ3) is 4.17. The van der Waals surface area contributed by atoms with Gasteiger partial charge in [0.15, 0.2) is 0 Å². The molecule has 0 spiro atoms. The normalized spacial score (nSPS) is 19.2. The minimum atomic E-state index is 0.732.